The molecule has 3 N–H and O–H groups in total. The lowest BCUT2D eigenvalue weighted by molar-refractivity contribution is 0.490. The third-order valence-electron chi connectivity index (χ3n) is 3.18. The van der Waals surface area contributed by atoms with Crippen molar-refractivity contribution in [2.24, 2.45) is 5.84 Å². The Kier molecular flexibility index (Phi) is 5.25. The number of hydrogen-bond donors (Lipinski definition) is 2. The summed E-state index contributed by atoms with van der Waals surface area (Å²) in [4.78, 5) is 4.31. The molecule has 0 aliphatic rings. The monoisotopic (exact) mass is 271 g/mol. The summed E-state index contributed by atoms with van der Waals surface area (Å²) >= 11 is 0. The first-order chi connectivity index (χ1) is 8.38. The molecule has 0 radical (unpaired) electrons. The van der Waals surface area contributed by atoms with Crippen molar-refractivity contribution in [2.45, 2.75) is 38.0 Å². The smallest absolute Gasteiger partial charge is 0.151 e. The van der Waals surface area contributed by atoms with Crippen molar-refractivity contribution >= 4 is 9.84 Å². The number of rotatable bonds is 6. The van der Waals surface area contributed by atoms with Gasteiger partial charge < -0.3 is 0 Å². The Morgan fingerprint density at radius 3 is 2.50 bits per heavy atom. The zero-order valence-corrected chi connectivity index (χ0v) is 11.9. The molecule has 102 valence electrons. The maximum atomic E-state index is 11.5. The van der Waals surface area contributed by atoms with E-state index in [0.29, 0.717) is 6.42 Å². The van der Waals surface area contributed by atoms with Crippen molar-refractivity contribution in [1.82, 2.24) is 10.4 Å². The fourth-order valence-electron chi connectivity index (χ4n) is 1.67. The highest BCUT2D eigenvalue weighted by Gasteiger charge is 2.25. The van der Waals surface area contributed by atoms with E-state index in [1.165, 1.54) is 6.26 Å². The van der Waals surface area contributed by atoms with Gasteiger partial charge in [-0.2, -0.15) is 0 Å². The number of aryl methyl sites for hydroxylation is 1. The quantitative estimate of drug-likeness (QED) is 0.579. The van der Waals surface area contributed by atoms with Gasteiger partial charge in [0, 0.05) is 30.6 Å². The second-order valence-electron chi connectivity index (χ2n) is 4.52. The van der Waals surface area contributed by atoms with Gasteiger partial charge in [0.2, 0.25) is 0 Å². The molecule has 0 aliphatic carbocycles. The zero-order valence-electron chi connectivity index (χ0n) is 11.1. The average molecular weight is 271 g/mol. The van der Waals surface area contributed by atoms with Gasteiger partial charge >= 0.3 is 0 Å². The molecular weight excluding hydrogens is 250 g/mol. The van der Waals surface area contributed by atoms with Crippen LogP contribution in [-0.4, -0.2) is 30.9 Å². The highest BCUT2D eigenvalue weighted by Crippen LogP contribution is 2.10. The van der Waals surface area contributed by atoms with Gasteiger partial charge in [0.1, 0.15) is 0 Å². The summed E-state index contributed by atoms with van der Waals surface area (Å²) in [5.41, 5.74) is 4.56. The van der Waals surface area contributed by atoms with Gasteiger partial charge in [-0.25, -0.2) is 8.42 Å². The van der Waals surface area contributed by atoms with E-state index in [2.05, 4.69) is 17.3 Å². The molecule has 1 heterocycles. The molecule has 1 rings (SSSR count). The third-order valence-corrected chi connectivity index (χ3v) is 4.86. The van der Waals surface area contributed by atoms with Crippen molar-refractivity contribution in [3.8, 4) is 0 Å². The van der Waals surface area contributed by atoms with Gasteiger partial charge in [-0.05, 0) is 25.0 Å². The summed E-state index contributed by atoms with van der Waals surface area (Å²) in [5, 5.41) is -0.546. The van der Waals surface area contributed by atoms with E-state index < -0.39 is 15.1 Å². The Morgan fingerprint density at radius 2 is 2.11 bits per heavy atom. The van der Waals surface area contributed by atoms with Gasteiger partial charge in [0.05, 0.1) is 5.25 Å². The minimum Gasteiger partial charge on any atom is -0.271 e. The third kappa shape index (κ3) is 4.04. The normalized spacial score (nSPS) is 15.3. The summed E-state index contributed by atoms with van der Waals surface area (Å²) in [5.74, 6) is 5.43. The summed E-state index contributed by atoms with van der Waals surface area (Å²) in [6.45, 7) is 3.72. The summed E-state index contributed by atoms with van der Waals surface area (Å²) < 4.78 is 23.0. The average Bonchev–Trinajstić information content (AvgIpc) is 2.34. The second kappa shape index (κ2) is 6.26. The van der Waals surface area contributed by atoms with Crippen LogP contribution >= 0.6 is 0 Å². The maximum absolute atomic E-state index is 11.5. The van der Waals surface area contributed by atoms with Crippen LogP contribution in [0.1, 0.15) is 25.1 Å². The van der Waals surface area contributed by atoms with E-state index in [-0.39, 0.29) is 6.04 Å². The zero-order chi connectivity index (χ0) is 13.8. The van der Waals surface area contributed by atoms with Gasteiger partial charge in [-0.3, -0.25) is 16.3 Å². The van der Waals surface area contributed by atoms with Gasteiger partial charge in [0.25, 0.3) is 0 Å². The van der Waals surface area contributed by atoms with E-state index in [1.807, 2.05) is 18.3 Å². The van der Waals surface area contributed by atoms with Crippen molar-refractivity contribution in [2.75, 3.05) is 6.26 Å². The molecule has 1 aromatic rings. The molecule has 0 amide bonds. The molecule has 0 spiro atoms. The summed E-state index contributed by atoms with van der Waals surface area (Å²) in [6, 6.07) is 3.58. The minimum atomic E-state index is -3.12. The predicted molar refractivity (Wildman–Crippen MR) is 72.7 cm³/mol. The van der Waals surface area contributed by atoms with Crippen molar-refractivity contribution in [1.29, 1.82) is 0 Å². The molecule has 2 atom stereocenters. The van der Waals surface area contributed by atoms with Crippen LogP contribution in [0.5, 0.6) is 0 Å². The highest BCUT2D eigenvalue weighted by atomic mass is 32.2. The largest absolute Gasteiger partial charge is 0.271 e. The van der Waals surface area contributed by atoms with Crippen molar-refractivity contribution < 1.29 is 8.42 Å². The number of pyridine rings is 1. The molecule has 0 saturated carbocycles. The van der Waals surface area contributed by atoms with E-state index in [1.54, 1.807) is 6.92 Å². The Hall–Kier alpha value is -0.980. The van der Waals surface area contributed by atoms with Crippen LogP contribution in [0, 0.1) is 0 Å². The molecule has 0 aliphatic heterocycles. The molecule has 5 nitrogen and oxygen atoms in total. The number of nitrogens with two attached hydrogens (primary N) is 1. The Morgan fingerprint density at radius 1 is 1.44 bits per heavy atom. The predicted octanol–water partition coefficient (Wildman–Crippen LogP) is 0.452. The van der Waals surface area contributed by atoms with Crippen molar-refractivity contribution in [3.05, 3.63) is 29.6 Å². The first kappa shape index (κ1) is 15.1. The molecule has 0 fully saturated rings. The Labute approximate surface area is 109 Å². The number of aromatic nitrogens is 1. The van der Waals surface area contributed by atoms with Gasteiger partial charge in [-0.1, -0.05) is 13.0 Å². The molecular formula is C12H21N3O2S. The molecule has 6 heteroatoms. The van der Waals surface area contributed by atoms with Gasteiger partial charge in [-0.15, -0.1) is 0 Å². The molecule has 0 aromatic carbocycles. The minimum absolute atomic E-state index is 0.333. The number of hydrazine groups is 1. The van der Waals surface area contributed by atoms with E-state index in [9.17, 15) is 8.42 Å². The first-order valence-corrected chi connectivity index (χ1v) is 7.92. The van der Waals surface area contributed by atoms with Crippen molar-refractivity contribution in [3.63, 3.8) is 0 Å². The summed E-state index contributed by atoms with van der Waals surface area (Å²) in [6.07, 6.45) is 4.46. The van der Waals surface area contributed by atoms with Gasteiger partial charge in [0.15, 0.2) is 9.84 Å². The molecule has 0 saturated heterocycles. The topological polar surface area (TPSA) is 85.1 Å². The fourth-order valence-corrected chi connectivity index (χ4v) is 2.44. The molecule has 1 aromatic heterocycles. The van der Waals surface area contributed by atoms with Crippen LogP contribution in [0.3, 0.4) is 0 Å². The van der Waals surface area contributed by atoms with E-state index >= 15 is 0 Å². The SMILES string of the molecule is CCc1ccc(CC(NN)C(C)S(C)(=O)=O)nc1. The summed E-state index contributed by atoms with van der Waals surface area (Å²) in [7, 11) is -3.12. The number of nitrogens with one attached hydrogen (secondary N) is 1. The molecule has 0 bridgehead atoms. The van der Waals surface area contributed by atoms with Crippen LogP contribution < -0.4 is 11.3 Å². The van der Waals surface area contributed by atoms with Crippen LogP contribution in [-0.2, 0) is 22.7 Å². The van der Waals surface area contributed by atoms with Crippen LogP contribution in [0.15, 0.2) is 18.3 Å². The van der Waals surface area contributed by atoms with Crippen LogP contribution in [0.4, 0.5) is 0 Å². The van der Waals surface area contributed by atoms with E-state index in [4.69, 9.17) is 5.84 Å². The second-order valence-corrected chi connectivity index (χ2v) is 6.93. The fraction of sp³-hybridized carbons (Fsp3) is 0.583. The first-order valence-electron chi connectivity index (χ1n) is 5.97. The number of sulfone groups is 1. The number of hydrogen-bond acceptors (Lipinski definition) is 5. The highest BCUT2D eigenvalue weighted by molar-refractivity contribution is 7.91. The Balaban J connectivity index is 2.79. The lowest BCUT2D eigenvalue weighted by Gasteiger charge is -2.21. The molecule has 18 heavy (non-hydrogen) atoms. The molecule has 2 unspecified atom stereocenters. The van der Waals surface area contributed by atoms with Crippen LogP contribution in [0.25, 0.3) is 0 Å². The lowest BCUT2D eigenvalue weighted by atomic mass is 10.1. The van der Waals surface area contributed by atoms with Crippen LogP contribution in [0.2, 0.25) is 0 Å². The standard InChI is InChI=1S/C12H21N3O2S/c1-4-10-5-6-11(14-8-10)7-12(15-13)9(2)18(3,16)17/h5-6,8-9,12,15H,4,7,13H2,1-3H3. The Bertz CT molecular complexity index is 471. The maximum Gasteiger partial charge on any atom is 0.151 e. The van der Waals surface area contributed by atoms with E-state index in [0.717, 1.165) is 17.7 Å². The lowest BCUT2D eigenvalue weighted by Crippen LogP contribution is -2.47. The number of nitrogens with zero attached hydrogens (tertiary/aromatic N) is 1.